The van der Waals surface area contributed by atoms with Crippen LogP contribution in [0.25, 0.3) is 0 Å². The van der Waals surface area contributed by atoms with Crippen molar-refractivity contribution in [2.24, 2.45) is 0 Å². The van der Waals surface area contributed by atoms with Gasteiger partial charge in [-0.05, 0) is 26.9 Å². The molecular formula is C13H29Cl2N3O2. The number of halogens is 2. The van der Waals surface area contributed by atoms with Crippen LogP contribution >= 0.6 is 24.8 Å². The number of nitrogens with zero attached hydrogens (tertiary/aromatic N) is 2. The predicted octanol–water partition coefficient (Wildman–Crippen LogP) is 1.01. The first-order valence-corrected chi connectivity index (χ1v) is 6.84. The standard InChI is InChI=1S/C13H27N3O2.2ClH/c1-12-11-16(13(17)5-4-6-14-2)8-7-15(12)9-10-18-3;;/h12,14H,4-11H2,1-3H3;2*1H. The molecule has 1 unspecified atom stereocenters. The van der Waals surface area contributed by atoms with Crippen LogP contribution in [0.2, 0.25) is 0 Å². The molecule has 0 aromatic carbocycles. The molecule has 122 valence electrons. The molecule has 0 aliphatic carbocycles. The molecule has 1 atom stereocenters. The molecule has 1 aliphatic heterocycles. The normalized spacial score (nSPS) is 19.1. The summed E-state index contributed by atoms with van der Waals surface area (Å²) < 4.78 is 5.10. The Morgan fingerprint density at radius 2 is 2.05 bits per heavy atom. The van der Waals surface area contributed by atoms with Gasteiger partial charge in [0.2, 0.25) is 5.91 Å². The van der Waals surface area contributed by atoms with Crippen LogP contribution in [-0.2, 0) is 9.53 Å². The second kappa shape index (κ2) is 12.7. The highest BCUT2D eigenvalue weighted by atomic mass is 35.5. The van der Waals surface area contributed by atoms with Gasteiger partial charge in [-0.3, -0.25) is 9.69 Å². The summed E-state index contributed by atoms with van der Waals surface area (Å²) in [4.78, 5) is 16.4. The van der Waals surface area contributed by atoms with Crippen LogP contribution in [-0.4, -0.2) is 75.2 Å². The van der Waals surface area contributed by atoms with Crippen LogP contribution in [0.4, 0.5) is 0 Å². The first-order valence-electron chi connectivity index (χ1n) is 6.84. The lowest BCUT2D eigenvalue weighted by Crippen LogP contribution is -2.54. The van der Waals surface area contributed by atoms with Gasteiger partial charge in [-0.2, -0.15) is 0 Å². The third-order valence-corrected chi connectivity index (χ3v) is 3.52. The van der Waals surface area contributed by atoms with Crippen LogP contribution in [0.3, 0.4) is 0 Å². The molecule has 1 saturated heterocycles. The maximum absolute atomic E-state index is 12.0. The quantitative estimate of drug-likeness (QED) is 0.708. The van der Waals surface area contributed by atoms with E-state index in [2.05, 4.69) is 17.1 Å². The van der Waals surface area contributed by atoms with Gasteiger partial charge in [-0.25, -0.2) is 0 Å². The number of piperazine rings is 1. The smallest absolute Gasteiger partial charge is 0.222 e. The Hall–Kier alpha value is -0.0700. The first kappa shape index (κ1) is 22.2. The van der Waals surface area contributed by atoms with Crippen molar-refractivity contribution in [3.8, 4) is 0 Å². The van der Waals surface area contributed by atoms with E-state index in [9.17, 15) is 4.79 Å². The van der Waals surface area contributed by atoms with Crippen LogP contribution in [0, 0.1) is 0 Å². The Morgan fingerprint density at radius 3 is 2.60 bits per heavy atom. The number of hydrogen-bond acceptors (Lipinski definition) is 4. The molecule has 0 saturated carbocycles. The molecule has 20 heavy (non-hydrogen) atoms. The molecule has 0 radical (unpaired) electrons. The van der Waals surface area contributed by atoms with Gasteiger partial charge in [0.25, 0.3) is 0 Å². The Kier molecular flexibility index (Phi) is 14.1. The van der Waals surface area contributed by atoms with Crippen molar-refractivity contribution in [1.82, 2.24) is 15.1 Å². The zero-order valence-corrected chi connectivity index (χ0v) is 14.4. The summed E-state index contributed by atoms with van der Waals surface area (Å²) in [5, 5.41) is 3.07. The zero-order valence-electron chi connectivity index (χ0n) is 12.8. The number of amides is 1. The number of nitrogens with one attached hydrogen (secondary N) is 1. The van der Waals surface area contributed by atoms with E-state index < -0.39 is 0 Å². The molecule has 1 fully saturated rings. The number of ether oxygens (including phenoxy) is 1. The Bertz CT molecular complexity index is 258. The maximum Gasteiger partial charge on any atom is 0.222 e. The minimum absolute atomic E-state index is 0. The highest BCUT2D eigenvalue weighted by molar-refractivity contribution is 5.85. The molecule has 1 rings (SSSR count). The fourth-order valence-corrected chi connectivity index (χ4v) is 2.34. The van der Waals surface area contributed by atoms with Crippen molar-refractivity contribution < 1.29 is 9.53 Å². The van der Waals surface area contributed by atoms with E-state index >= 15 is 0 Å². The van der Waals surface area contributed by atoms with Gasteiger partial charge >= 0.3 is 0 Å². The van der Waals surface area contributed by atoms with Crippen molar-refractivity contribution in [1.29, 1.82) is 0 Å². The minimum atomic E-state index is 0. The summed E-state index contributed by atoms with van der Waals surface area (Å²) in [6.07, 6.45) is 1.58. The van der Waals surface area contributed by atoms with Gasteiger partial charge in [-0.15, -0.1) is 24.8 Å². The third kappa shape index (κ3) is 7.64. The molecule has 1 N–H and O–H groups in total. The molecule has 7 heteroatoms. The number of carbonyl (C=O) groups is 1. The highest BCUT2D eigenvalue weighted by Gasteiger charge is 2.25. The van der Waals surface area contributed by atoms with E-state index in [4.69, 9.17) is 4.74 Å². The molecule has 0 spiro atoms. The van der Waals surface area contributed by atoms with Crippen LogP contribution < -0.4 is 5.32 Å². The molecule has 0 aromatic heterocycles. The zero-order chi connectivity index (χ0) is 13.4. The SMILES string of the molecule is CNCCCC(=O)N1CCN(CCOC)C(C)C1.Cl.Cl. The molecule has 1 amide bonds. The summed E-state index contributed by atoms with van der Waals surface area (Å²) >= 11 is 0. The van der Waals surface area contributed by atoms with Crippen LogP contribution in [0.1, 0.15) is 19.8 Å². The van der Waals surface area contributed by atoms with E-state index in [-0.39, 0.29) is 24.8 Å². The van der Waals surface area contributed by atoms with Crippen LogP contribution in [0.15, 0.2) is 0 Å². The summed E-state index contributed by atoms with van der Waals surface area (Å²) in [5.74, 6) is 0.295. The Morgan fingerprint density at radius 1 is 1.35 bits per heavy atom. The lowest BCUT2D eigenvalue weighted by atomic mass is 10.1. The monoisotopic (exact) mass is 329 g/mol. The Labute approximate surface area is 135 Å². The summed E-state index contributed by atoms with van der Waals surface area (Å²) in [7, 11) is 3.65. The maximum atomic E-state index is 12.0. The minimum Gasteiger partial charge on any atom is -0.383 e. The van der Waals surface area contributed by atoms with E-state index in [1.54, 1.807) is 7.11 Å². The van der Waals surface area contributed by atoms with Crippen molar-refractivity contribution in [2.75, 3.05) is 53.5 Å². The third-order valence-electron chi connectivity index (χ3n) is 3.52. The largest absolute Gasteiger partial charge is 0.383 e. The van der Waals surface area contributed by atoms with Gasteiger partial charge < -0.3 is 15.0 Å². The number of rotatable bonds is 7. The molecule has 5 nitrogen and oxygen atoms in total. The van der Waals surface area contributed by atoms with Gasteiger partial charge in [0, 0.05) is 45.8 Å². The summed E-state index contributed by atoms with van der Waals surface area (Å²) in [5.41, 5.74) is 0. The number of methoxy groups -OCH3 is 1. The molecular weight excluding hydrogens is 301 g/mol. The average molecular weight is 330 g/mol. The lowest BCUT2D eigenvalue weighted by molar-refractivity contribution is -0.134. The van der Waals surface area contributed by atoms with Crippen molar-refractivity contribution in [3.63, 3.8) is 0 Å². The van der Waals surface area contributed by atoms with Gasteiger partial charge in [0.05, 0.1) is 6.61 Å². The molecule has 0 bridgehead atoms. The van der Waals surface area contributed by atoms with Gasteiger partial charge in [0.1, 0.15) is 0 Å². The van der Waals surface area contributed by atoms with E-state index in [0.29, 0.717) is 18.4 Å². The van der Waals surface area contributed by atoms with E-state index in [1.165, 1.54) is 0 Å². The molecule has 1 aliphatic rings. The van der Waals surface area contributed by atoms with Crippen LogP contribution in [0.5, 0.6) is 0 Å². The van der Waals surface area contributed by atoms with Crippen molar-refractivity contribution in [2.45, 2.75) is 25.8 Å². The van der Waals surface area contributed by atoms with Gasteiger partial charge in [-0.1, -0.05) is 0 Å². The van der Waals surface area contributed by atoms with Crippen molar-refractivity contribution >= 4 is 30.7 Å². The first-order chi connectivity index (χ1) is 8.69. The van der Waals surface area contributed by atoms with E-state index in [0.717, 1.165) is 45.8 Å². The van der Waals surface area contributed by atoms with Gasteiger partial charge in [0.15, 0.2) is 0 Å². The fourth-order valence-electron chi connectivity index (χ4n) is 2.34. The number of hydrogen-bond donors (Lipinski definition) is 1. The summed E-state index contributed by atoms with van der Waals surface area (Å²) in [6.45, 7) is 7.48. The fraction of sp³-hybridized carbons (Fsp3) is 0.923. The second-order valence-electron chi connectivity index (χ2n) is 4.92. The highest BCUT2D eigenvalue weighted by Crippen LogP contribution is 2.10. The van der Waals surface area contributed by atoms with Crippen molar-refractivity contribution in [3.05, 3.63) is 0 Å². The second-order valence-corrected chi connectivity index (χ2v) is 4.92. The lowest BCUT2D eigenvalue weighted by Gasteiger charge is -2.39. The predicted molar refractivity (Wildman–Crippen MR) is 87.1 cm³/mol. The molecule has 1 heterocycles. The average Bonchev–Trinajstić information content (AvgIpc) is 2.37. The topological polar surface area (TPSA) is 44.8 Å². The Balaban J connectivity index is 0. The summed E-state index contributed by atoms with van der Waals surface area (Å²) in [6, 6.07) is 0.433. The number of carbonyl (C=O) groups excluding carboxylic acids is 1. The van der Waals surface area contributed by atoms with E-state index in [1.807, 2.05) is 11.9 Å². The molecule has 0 aromatic rings.